The van der Waals surface area contributed by atoms with Crippen molar-refractivity contribution in [2.75, 3.05) is 13.3 Å². The molecule has 5 heteroatoms. The Kier molecular flexibility index (Phi) is 5.41. The Morgan fingerprint density at radius 1 is 1.00 bits per heavy atom. The first kappa shape index (κ1) is 17.0. The Morgan fingerprint density at radius 3 is 2.17 bits per heavy atom. The van der Waals surface area contributed by atoms with Crippen LogP contribution in [-0.4, -0.2) is 19.2 Å². The van der Waals surface area contributed by atoms with Crippen molar-refractivity contribution in [1.29, 1.82) is 0 Å². The lowest BCUT2D eigenvalue weighted by Crippen LogP contribution is -2.17. The van der Waals surface area contributed by atoms with Gasteiger partial charge in [0.15, 0.2) is 0 Å². The maximum absolute atomic E-state index is 12.1. The number of hydrogen-bond acceptors (Lipinski definition) is 3. The van der Waals surface area contributed by atoms with E-state index >= 15 is 0 Å². The predicted octanol–water partition coefficient (Wildman–Crippen LogP) is 4.28. The smallest absolute Gasteiger partial charge is 0.255 e. The van der Waals surface area contributed by atoms with Gasteiger partial charge in [-0.3, -0.25) is 9.36 Å². The summed E-state index contributed by atoms with van der Waals surface area (Å²) in [6.07, 6.45) is 1.46. The van der Waals surface area contributed by atoms with Crippen LogP contribution in [0.4, 0.5) is 0 Å². The number of benzene rings is 2. The standard InChI is InChI=1S/C18H20NO3P/c1-14-9-11-15(12-10-14)17(22-23(2,3)21)13-19-18(20)16-7-5-4-6-8-16/h4-13H,1-3H3,(H,19,20). The van der Waals surface area contributed by atoms with E-state index in [4.69, 9.17) is 4.52 Å². The average Bonchev–Trinajstić information content (AvgIpc) is 2.52. The first-order chi connectivity index (χ1) is 10.8. The van der Waals surface area contributed by atoms with Crippen LogP contribution in [0.25, 0.3) is 5.76 Å². The quantitative estimate of drug-likeness (QED) is 0.658. The molecule has 0 aromatic heterocycles. The van der Waals surface area contributed by atoms with E-state index in [9.17, 15) is 9.36 Å². The van der Waals surface area contributed by atoms with Gasteiger partial charge in [0.25, 0.3) is 5.91 Å². The molecule has 0 aliphatic rings. The molecule has 1 N–H and O–H groups in total. The van der Waals surface area contributed by atoms with Crippen molar-refractivity contribution in [2.45, 2.75) is 6.92 Å². The van der Waals surface area contributed by atoms with Gasteiger partial charge in [0.1, 0.15) is 5.76 Å². The molecule has 0 aliphatic heterocycles. The van der Waals surface area contributed by atoms with Crippen LogP contribution in [0, 0.1) is 6.92 Å². The number of aryl methyl sites for hydroxylation is 1. The second kappa shape index (κ2) is 7.30. The lowest BCUT2D eigenvalue weighted by atomic mass is 10.1. The third kappa shape index (κ3) is 5.42. The largest absolute Gasteiger partial charge is 0.441 e. The zero-order chi connectivity index (χ0) is 16.9. The highest BCUT2D eigenvalue weighted by Crippen LogP contribution is 2.42. The molecule has 0 saturated heterocycles. The van der Waals surface area contributed by atoms with Crippen LogP contribution in [-0.2, 0) is 9.09 Å². The number of carbonyl (C=O) groups is 1. The maximum atomic E-state index is 12.1. The number of carbonyl (C=O) groups excluding carboxylic acids is 1. The summed E-state index contributed by atoms with van der Waals surface area (Å²) >= 11 is 0. The van der Waals surface area contributed by atoms with E-state index in [0.29, 0.717) is 11.3 Å². The zero-order valence-corrected chi connectivity index (χ0v) is 14.3. The fourth-order valence-corrected chi connectivity index (χ4v) is 2.55. The summed E-state index contributed by atoms with van der Waals surface area (Å²) in [5.41, 5.74) is 2.41. The average molecular weight is 329 g/mol. The third-order valence-electron chi connectivity index (χ3n) is 3.02. The Hall–Kier alpha value is -2.32. The van der Waals surface area contributed by atoms with E-state index in [0.717, 1.165) is 11.1 Å². The summed E-state index contributed by atoms with van der Waals surface area (Å²) in [5.74, 6) is 0.128. The summed E-state index contributed by atoms with van der Waals surface area (Å²) in [5, 5.41) is 2.69. The van der Waals surface area contributed by atoms with Gasteiger partial charge in [0, 0.05) is 30.7 Å². The van der Waals surface area contributed by atoms with Crippen molar-refractivity contribution in [2.24, 2.45) is 0 Å². The fraction of sp³-hybridized carbons (Fsp3) is 0.167. The summed E-state index contributed by atoms with van der Waals surface area (Å²) in [6.45, 7) is 5.05. The van der Waals surface area contributed by atoms with Crippen LogP contribution < -0.4 is 5.32 Å². The lowest BCUT2D eigenvalue weighted by Gasteiger charge is -2.14. The molecular formula is C18H20NO3P. The maximum Gasteiger partial charge on any atom is 0.255 e. The molecule has 2 rings (SSSR count). The van der Waals surface area contributed by atoms with Crippen LogP contribution in [0.2, 0.25) is 0 Å². The lowest BCUT2D eigenvalue weighted by molar-refractivity contribution is 0.0969. The predicted molar refractivity (Wildman–Crippen MR) is 93.6 cm³/mol. The molecule has 0 heterocycles. The van der Waals surface area contributed by atoms with Crippen LogP contribution in [0.3, 0.4) is 0 Å². The highest BCUT2D eigenvalue weighted by atomic mass is 31.2. The van der Waals surface area contributed by atoms with Crippen molar-refractivity contribution < 1.29 is 13.9 Å². The Morgan fingerprint density at radius 2 is 1.61 bits per heavy atom. The summed E-state index contributed by atoms with van der Waals surface area (Å²) in [6, 6.07) is 16.5. The van der Waals surface area contributed by atoms with Gasteiger partial charge in [-0.25, -0.2) is 0 Å². The third-order valence-corrected chi connectivity index (χ3v) is 3.66. The van der Waals surface area contributed by atoms with Crippen molar-refractivity contribution >= 4 is 19.0 Å². The molecule has 2 aromatic carbocycles. The van der Waals surface area contributed by atoms with Crippen LogP contribution in [0.1, 0.15) is 21.5 Å². The van der Waals surface area contributed by atoms with E-state index in [-0.39, 0.29) is 5.91 Å². The van der Waals surface area contributed by atoms with Gasteiger partial charge in [-0.15, -0.1) is 0 Å². The van der Waals surface area contributed by atoms with Crippen LogP contribution in [0.15, 0.2) is 60.8 Å². The zero-order valence-electron chi connectivity index (χ0n) is 13.4. The molecule has 2 aromatic rings. The first-order valence-electron chi connectivity index (χ1n) is 7.23. The Balaban J connectivity index is 2.24. The molecule has 0 fully saturated rings. The summed E-state index contributed by atoms with van der Waals surface area (Å²) < 4.78 is 17.6. The molecule has 4 nitrogen and oxygen atoms in total. The second-order valence-electron chi connectivity index (χ2n) is 5.56. The summed E-state index contributed by atoms with van der Waals surface area (Å²) in [7, 11) is -2.75. The number of hydrogen-bond donors (Lipinski definition) is 1. The monoisotopic (exact) mass is 329 g/mol. The molecule has 0 unspecified atom stereocenters. The minimum absolute atomic E-state index is 0.249. The molecule has 0 spiro atoms. The van der Waals surface area contributed by atoms with E-state index < -0.39 is 7.37 Å². The van der Waals surface area contributed by atoms with Gasteiger partial charge in [-0.2, -0.15) is 0 Å². The van der Waals surface area contributed by atoms with Gasteiger partial charge < -0.3 is 9.84 Å². The van der Waals surface area contributed by atoms with E-state index in [1.54, 1.807) is 24.3 Å². The minimum atomic E-state index is -2.75. The molecule has 0 saturated carbocycles. The van der Waals surface area contributed by atoms with Gasteiger partial charge in [-0.1, -0.05) is 48.0 Å². The molecule has 0 atom stereocenters. The van der Waals surface area contributed by atoms with Crippen molar-refractivity contribution in [3.63, 3.8) is 0 Å². The van der Waals surface area contributed by atoms with Crippen molar-refractivity contribution in [3.8, 4) is 0 Å². The van der Waals surface area contributed by atoms with Gasteiger partial charge in [0.2, 0.25) is 7.37 Å². The summed E-state index contributed by atoms with van der Waals surface area (Å²) in [4.78, 5) is 12.1. The van der Waals surface area contributed by atoms with Gasteiger partial charge in [0.05, 0.1) is 0 Å². The van der Waals surface area contributed by atoms with E-state index in [1.165, 1.54) is 19.5 Å². The molecule has 0 bridgehead atoms. The van der Waals surface area contributed by atoms with Crippen molar-refractivity contribution in [3.05, 3.63) is 77.5 Å². The molecule has 1 amide bonds. The highest BCUT2D eigenvalue weighted by Gasteiger charge is 2.14. The first-order valence-corrected chi connectivity index (χ1v) is 9.75. The molecular weight excluding hydrogens is 309 g/mol. The van der Waals surface area contributed by atoms with E-state index in [2.05, 4.69) is 5.32 Å². The number of amides is 1. The molecule has 0 aliphatic carbocycles. The number of nitrogens with one attached hydrogen (secondary N) is 1. The van der Waals surface area contributed by atoms with E-state index in [1.807, 2.05) is 37.3 Å². The van der Waals surface area contributed by atoms with Crippen LogP contribution >= 0.6 is 7.37 Å². The molecule has 0 radical (unpaired) electrons. The fourth-order valence-electron chi connectivity index (χ4n) is 1.92. The normalized spacial score (nSPS) is 11.9. The highest BCUT2D eigenvalue weighted by molar-refractivity contribution is 7.57. The van der Waals surface area contributed by atoms with Crippen LogP contribution in [0.5, 0.6) is 0 Å². The van der Waals surface area contributed by atoms with Gasteiger partial charge >= 0.3 is 0 Å². The van der Waals surface area contributed by atoms with Gasteiger partial charge in [-0.05, 0) is 19.1 Å². The SMILES string of the molecule is Cc1ccc(C(=CNC(=O)c2ccccc2)OP(C)(C)=O)cc1. The molecule has 23 heavy (non-hydrogen) atoms. The topological polar surface area (TPSA) is 55.4 Å². The van der Waals surface area contributed by atoms with Crippen molar-refractivity contribution in [1.82, 2.24) is 5.32 Å². The Bertz CT molecular complexity index is 746. The number of rotatable bonds is 5. The minimum Gasteiger partial charge on any atom is -0.441 e. The second-order valence-corrected chi connectivity index (χ2v) is 8.24. The Labute approximate surface area is 136 Å². The molecule has 120 valence electrons.